The molecule has 2 amide bonds. The Labute approximate surface area is 149 Å². The maximum Gasteiger partial charge on any atom is 0.229 e. The zero-order valence-electron chi connectivity index (χ0n) is 14.0. The molecule has 0 radical (unpaired) electrons. The van der Waals surface area contributed by atoms with Crippen molar-refractivity contribution in [1.29, 1.82) is 0 Å². The topological polar surface area (TPSA) is 84.2 Å². The van der Waals surface area contributed by atoms with Crippen LogP contribution in [0.2, 0.25) is 0 Å². The number of rotatable bonds is 4. The van der Waals surface area contributed by atoms with Crippen molar-refractivity contribution in [2.24, 2.45) is 17.6 Å². The molecule has 2 fully saturated rings. The molecular formula is C18H26ClN3O2. The van der Waals surface area contributed by atoms with Gasteiger partial charge in [0.25, 0.3) is 0 Å². The highest BCUT2D eigenvalue weighted by atomic mass is 35.5. The van der Waals surface area contributed by atoms with Gasteiger partial charge in [-0.2, -0.15) is 0 Å². The van der Waals surface area contributed by atoms with Gasteiger partial charge in [-0.3, -0.25) is 9.59 Å². The molecule has 1 aromatic carbocycles. The maximum absolute atomic E-state index is 12.5. The third-order valence-electron chi connectivity index (χ3n) is 4.94. The van der Waals surface area contributed by atoms with E-state index in [1.165, 1.54) is 0 Å². The van der Waals surface area contributed by atoms with Gasteiger partial charge in [0.15, 0.2) is 0 Å². The van der Waals surface area contributed by atoms with E-state index in [0.717, 1.165) is 49.9 Å². The van der Waals surface area contributed by atoms with E-state index in [0.29, 0.717) is 0 Å². The summed E-state index contributed by atoms with van der Waals surface area (Å²) in [5, 5.41) is 5.84. The molecule has 0 aromatic heterocycles. The molecule has 0 aliphatic heterocycles. The van der Waals surface area contributed by atoms with Gasteiger partial charge >= 0.3 is 0 Å². The van der Waals surface area contributed by atoms with Crippen molar-refractivity contribution in [2.45, 2.75) is 51.0 Å². The second-order valence-electron chi connectivity index (χ2n) is 7.13. The molecule has 2 aliphatic rings. The second kappa shape index (κ2) is 7.53. The molecule has 2 unspecified atom stereocenters. The van der Waals surface area contributed by atoms with Crippen LogP contribution in [0.25, 0.3) is 0 Å². The zero-order valence-corrected chi connectivity index (χ0v) is 14.8. The molecule has 2 atom stereocenters. The Morgan fingerprint density at radius 1 is 1.00 bits per heavy atom. The standard InChI is InChI=1S/C18H25N3O2.ClH/c1-18(19)11-3-2-4-15(18)17(23)21-14-9-7-13(8-10-14)20-16(22)12-5-6-12;/h7-10,12,15H,2-6,11,19H2,1H3,(H,20,22)(H,21,23);1H. The number of nitrogens with one attached hydrogen (secondary N) is 2. The van der Waals surface area contributed by atoms with Gasteiger partial charge in [0.1, 0.15) is 0 Å². The van der Waals surface area contributed by atoms with Crippen LogP contribution in [0, 0.1) is 11.8 Å². The molecule has 0 spiro atoms. The fraction of sp³-hybridized carbons (Fsp3) is 0.556. The number of nitrogens with two attached hydrogens (primary N) is 1. The summed E-state index contributed by atoms with van der Waals surface area (Å²) in [5.41, 5.74) is 7.35. The number of benzene rings is 1. The van der Waals surface area contributed by atoms with Crippen LogP contribution in [-0.4, -0.2) is 17.4 Å². The van der Waals surface area contributed by atoms with Gasteiger partial charge in [-0.25, -0.2) is 0 Å². The summed E-state index contributed by atoms with van der Waals surface area (Å²) in [7, 11) is 0. The highest BCUT2D eigenvalue weighted by molar-refractivity contribution is 5.95. The Hall–Kier alpha value is -1.59. The summed E-state index contributed by atoms with van der Waals surface area (Å²) >= 11 is 0. The van der Waals surface area contributed by atoms with Crippen LogP contribution in [0.3, 0.4) is 0 Å². The van der Waals surface area contributed by atoms with Crippen molar-refractivity contribution in [3.8, 4) is 0 Å². The van der Waals surface area contributed by atoms with Gasteiger partial charge in [0.05, 0.1) is 5.92 Å². The van der Waals surface area contributed by atoms with Crippen molar-refractivity contribution < 1.29 is 9.59 Å². The average Bonchev–Trinajstić information content (AvgIpc) is 3.33. The van der Waals surface area contributed by atoms with Gasteiger partial charge in [-0.1, -0.05) is 12.8 Å². The average molecular weight is 352 g/mol. The Morgan fingerprint density at radius 3 is 2.04 bits per heavy atom. The van der Waals surface area contributed by atoms with Gasteiger partial charge < -0.3 is 16.4 Å². The summed E-state index contributed by atoms with van der Waals surface area (Å²) in [5.74, 6) is 0.112. The highest BCUT2D eigenvalue weighted by Gasteiger charge is 2.37. The number of carbonyl (C=O) groups is 2. The van der Waals surface area contributed by atoms with Gasteiger partial charge in [0, 0.05) is 22.8 Å². The summed E-state index contributed by atoms with van der Waals surface area (Å²) in [6.45, 7) is 1.97. The lowest BCUT2D eigenvalue weighted by atomic mass is 9.74. The summed E-state index contributed by atoms with van der Waals surface area (Å²) in [4.78, 5) is 24.2. The molecule has 5 nitrogen and oxygen atoms in total. The molecule has 0 saturated heterocycles. The van der Waals surface area contributed by atoms with Crippen molar-refractivity contribution in [2.75, 3.05) is 10.6 Å². The van der Waals surface area contributed by atoms with E-state index in [2.05, 4.69) is 10.6 Å². The molecule has 0 heterocycles. The van der Waals surface area contributed by atoms with E-state index in [4.69, 9.17) is 5.73 Å². The van der Waals surface area contributed by atoms with Crippen LogP contribution in [-0.2, 0) is 9.59 Å². The van der Waals surface area contributed by atoms with E-state index in [1.807, 2.05) is 31.2 Å². The van der Waals surface area contributed by atoms with E-state index in [1.54, 1.807) is 0 Å². The molecule has 6 heteroatoms. The Morgan fingerprint density at radius 2 is 1.54 bits per heavy atom. The molecule has 0 bridgehead atoms. The molecule has 2 saturated carbocycles. The van der Waals surface area contributed by atoms with E-state index in [-0.39, 0.29) is 36.1 Å². The number of hydrogen-bond acceptors (Lipinski definition) is 3. The molecule has 132 valence electrons. The summed E-state index contributed by atoms with van der Waals surface area (Å²) in [6, 6.07) is 7.27. The van der Waals surface area contributed by atoms with Gasteiger partial charge in [-0.05, 0) is 56.9 Å². The molecule has 4 N–H and O–H groups in total. The van der Waals surface area contributed by atoms with E-state index < -0.39 is 5.54 Å². The summed E-state index contributed by atoms with van der Waals surface area (Å²) < 4.78 is 0. The molecule has 1 aromatic rings. The van der Waals surface area contributed by atoms with Crippen molar-refractivity contribution in [3.63, 3.8) is 0 Å². The maximum atomic E-state index is 12.5. The lowest BCUT2D eigenvalue weighted by Crippen LogP contribution is -2.51. The Kier molecular flexibility index (Phi) is 5.88. The number of halogens is 1. The van der Waals surface area contributed by atoms with Gasteiger partial charge in [-0.15, -0.1) is 12.4 Å². The normalized spacial score (nSPS) is 26.2. The lowest BCUT2D eigenvalue weighted by molar-refractivity contribution is -0.122. The third kappa shape index (κ3) is 4.48. The van der Waals surface area contributed by atoms with Crippen molar-refractivity contribution in [1.82, 2.24) is 0 Å². The quantitative estimate of drug-likeness (QED) is 0.778. The molecule has 3 rings (SSSR count). The van der Waals surface area contributed by atoms with E-state index in [9.17, 15) is 9.59 Å². The lowest BCUT2D eigenvalue weighted by Gasteiger charge is -2.37. The number of anilines is 2. The molecule has 24 heavy (non-hydrogen) atoms. The predicted octanol–water partition coefficient (Wildman–Crippen LogP) is 3.30. The highest BCUT2D eigenvalue weighted by Crippen LogP contribution is 2.33. The second-order valence-corrected chi connectivity index (χ2v) is 7.13. The van der Waals surface area contributed by atoms with Gasteiger partial charge in [0.2, 0.25) is 11.8 Å². The summed E-state index contributed by atoms with van der Waals surface area (Å²) in [6.07, 6.45) is 5.84. The fourth-order valence-electron chi connectivity index (χ4n) is 3.25. The minimum atomic E-state index is -0.430. The first-order valence-electron chi connectivity index (χ1n) is 8.46. The van der Waals surface area contributed by atoms with Crippen LogP contribution in [0.15, 0.2) is 24.3 Å². The Balaban J connectivity index is 0.00000208. The predicted molar refractivity (Wildman–Crippen MR) is 98.2 cm³/mol. The number of amides is 2. The fourth-order valence-corrected chi connectivity index (χ4v) is 3.25. The largest absolute Gasteiger partial charge is 0.326 e. The SMILES string of the molecule is CC1(N)CCCCC1C(=O)Nc1ccc(NC(=O)C2CC2)cc1.Cl. The van der Waals surface area contributed by atoms with Crippen molar-refractivity contribution in [3.05, 3.63) is 24.3 Å². The first kappa shape index (κ1) is 18.7. The zero-order chi connectivity index (χ0) is 16.4. The van der Waals surface area contributed by atoms with E-state index >= 15 is 0 Å². The minimum Gasteiger partial charge on any atom is -0.326 e. The van der Waals surface area contributed by atoms with Crippen LogP contribution >= 0.6 is 12.4 Å². The van der Waals surface area contributed by atoms with Crippen LogP contribution in [0.1, 0.15) is 45.4 Å². The monoisotopic (exact) mass is 351 g/mol. The third-order valence-corrected chi connectivity index (χ3v) is 4.94. The molecule has 2 aliphatic carbocycles. The smallest absolute Gasteiger partial charge is 0.229 e. The number of carbonyl (C=O) groups excluding carboxylic acids is 2. The minimum absolute atomic E-state index is 0. The van der Waals surface area contributed by atoms with Crippen LogP contribution in [0.5, 0.6) is 0 Å². The first-order chi connectivity index (χ1) is 11.0. The molecular weight excluding hydrogens is 326 g/mol. The Bertz CT molecular complexity index is 597. The van der Waals surface area contributed by atoms with Crippen LogP contribution in [0.4, 0.5) is 11.4 Å². The first-order valence-corrected chi connectivity index (χ1v) is 8.46. The number of hydrogen-bond donors (Lipinski definition) is 3. The van der Waals surface area contributed by atoms with Crippen molar-refractivity contribution >= 4 is 35.6 Å². The van der Waals surface area contributed by atoms with Crippen LogP contribution < -0.4 is 16.4 Å².